The van der Waals surface area contributed by atoms with Crippen molar-refractivity contribution >= 4 is 38.5 Å². The first-order valence-electron chi connectivity index (χ1n) is 10.4. The summed E-state index contributed by atoms with van der Waals surface area (Å²) in [4.78, 5) is 18.4. The first kappa shape index (κ1) is 25.3. The third-order valence-corrected chi connectivity index (χ3v) is 9.37. The van der Waals surface area contributed by atoms with Gasteiger partial charge in [0.2, 0.25) is 10.0 Å². The minimum Gasteiger partial charge on any atom is -0.303 e. The largest absolute Gasteiger partial charge is 0.469 e. The maximum Gasteiger partial charge on any atom is 0.469 e. The van der Waals surface area contributed by atoms with Gasteiger partial charge < -0.3 is 9.79 Å². The van der Waals surface area contributed by atoms with Gasteiger partial charge in [-0.3, -0.25) is 4.52 Å². The monoisotopic (exact) mass is 505 g/mol. The topological polar surface area (TPSA) is 147 Å². The molecule has 0 radical (unpaired) electrons. The number of phosphoric acid groups is 1. The molecule has 3 N–H and O–H groups in total. The molecule has 1 atom stereocenters. The Hall–Kier alpha value is -1.33. The highest BCUT2D eigenvalue weighted by Gasteiger charge is 2.30. The van der Waals surface area contributed by atoms with Crippen molar-refractivity contribution in [3.63, 3.8) is 0 Å². The number of nitrogens with one attached hydrogen (secondary N) is 1. The molecule has 0 heterocycles. The highest BCUT2D eigenvalue weighted by Crippen LogP contribution is 2.38. The van der Waals surface area contributed by atoms with Crippen LogP contribution in [0, 0.1) is 5.92 Å². The molecule has 9 nitrogen and oxygen atoms in total. The molecule has 3 rings (SSSR count). The molecule has 0 aromatic heterocycles. The van der Waals surface area contributed by atoms with E-state index in [0.29, 0.717) is 0 Å². The third kappa shape index (κ3) is 7.62. The molecule has 0 aliphatic heterocycles. The van der Waals surface area contributed by atoms with Crippen molar-refractivity contribution in [3.8, 4) is 0 Å². The van der Waals surface area contributed by atoms with Gasteiger partial charge in [-0.25, -0.2) is 26.1 Å². The van der Waals surface area contributed by atoms with Crippen molar-refractivity contribution < 1.29 is 35.7 Å². The van der Waals surface area contributed by atoms with Crippen LogP contribution in [0.5, 0.6) is 0 Å². The van der Waals surface area contributed by atoms with E-state index in [-0.39, 0.29) is 29.5 Å². The lowest BCUT2D eigenvalue weighted by molar-refractivity contribution is 0.141. The Morgan fingerprint density at radius 3 is 2.34 bits per heavy atom. The molecular formula is C20H28NO8PS2. The van der Waals surface area contributed by atoms with Crippen molar-refractivity contribution in [3.05, 3.63) is 42.5 Å². The molecule has 178 valence electrons. The molecule has 1 unspecified atom stereocenters. The second-order valence-electron chi connectivity index (χ2n) is 8.14. The van der Waals surface area contributed by atoms with E-state index >= 15 is 0 Å². The van der Waals surface area contributed by atoms with Gasteiger partial charge in [0.1, 0.15) is 0 Å². The molecule has 12 heteroatoms. The smallest absolute Gasteiger partial charge is 0.303 e. The van der Waals surface area contributed by atoms with Gasteiger partial charge in [0.05, 0.1) is 22.5 Å². The summed E-state index contributed by atoms with van der Waals surface area (Å²) in [7, 11) is -12.5. The molecule has 2 aromatic rings. The summed E-state index contributed by atoms with van der Waals surface area (Å²) in [6.45, 7) is -0.237. The van der Waals surface area contributed by atoms with E-state index in [1.807, 2.05) is 12.1 Å². The van der Waals surface area contributed by atoms with Crippen molar-refractivity contribution in [2.24, 2.45) is 5.92 Å². The van der Waals surface area contributed by atoms with E-state index in [1.165, 1.54) is 12.1 Å². The first-order valence-corrected chi connectivity index (χ1v) is 15.2. The summed E-state index contributed by atoms with van der Waals surface area (Å²) in [5.41, 5.74) is 0. The van der Waals surface area contributed by atoms with E-state index in [2.05, 4.69) is 9.25 Å². The fourth-order valence-corrected chi connectivity index (χ4v) is 7.76. The molecule has 1 aliphatic rings. The minimum absolute atomic E-state index is 0.0394. The summed E-state index contributed by atoms with van der Waals surface area (Å²) < 4.78 is 68.6. The van der Waals surface area contributed by atoms with Gasteiger partial charge >= 0.3 is 7.82 Å². The van der Waals surface area contributed by atoms with Crippen LogP contribution in [0.1, 0.15) is 32.1 Å². The highest BCUT2D eigenvalue weighted by atomic mass is 32.2. The Morgan fingerprint density at radius 2 is 1.69 bits per heavy atom. The van der Waals surface area contributed by atoms with Crippen LogP contribution in [0.15, 0.2) is 47.4 Å². The predicted molar refractivity (Wildman–Crippen MR) is 121 cm³/mol. The fraction of sp³-hybridized carbons (Fsp3) is 0.500. The Kier molecular flexibility index (Phi) is 8.14. The maximum absolute atomic E-state index is 12.6. The number of rotatable bonds is 11. The summed E-state index contributed by atoms with van der Waals surface area (Å²) in [6.07, 6.45) is 2.03. The standard InChI is InChI=1S/C20H28NO8PS2/c22-30(23,24)29-19(15-31(25,26)14-16-5-1-2-6-16)11-12-21-32(27,28)20-10-9-17-7-3-4-8-18(17)13-20/h3-4,7-10,13,16,19,21H,1-2,5-6,11-12,14-15H2,(H2,22,23,24). The number of hydrogen-bond acceptors (Lipinski definition) is 6. The summed E-state index contributed by atoms with van der Waals surface area (Å²) in [5.74, 6) is -0.592. The number of sulfone groups is 1. The Labute approximate surface area is 188 Å². The molecule has 0 saturated heterocycles. The summed E-state index contributed by atoms with van der Waals surface area (Å²) in [5, 5.41) is 1.63. The van der Waals surface area contributed by atoms with Gasteiger partial charge in [0.25, 0.3) is 0 Å². The van der Waals surface area contributed by atoms with Crippen LogP contribution in [0.4, 0.5) is 0 Å². The second kappa shape index (κ2) is 10.3. The lowest BCUT2D eigenvalue weighted by atomic mass is 10.1. The van der Waals surface area contributed by atoms with E-state index in [1.54, 1.807) is 18.2 Å². The van der Waals surface area contributed by atoms with Crippen LogP contribution in [0.25, 0.3) is 10.8 Å². The molecule has 1 aliphatic carbocycles. The molecule has 2 aromatic carbocycles. The third-order valence-electron chi connectivity index (χ3n) is 5.48. The van der Waals surface area contributed by atoms with Gasteiger partial charge in [-0.2, -0.15) is 0 Å². The lowest BCUT2D eigenvalue weighted by Gasteiger charge is -2.19. The Balaban J connectivity index is 1.64. The lowest BCUT2D eigenvalue weighted by Crippen LogP contribution is -2.32. The molecular weight excluding hydrogens is 477 g/mol. The Bertz CT molecular complexity index is 1190. The van der Waals surface area contributed by atoms with Gasteiger partial charge in [-0.05, 0) is 48.1 Å². The zero-order chi connectivity index (χ0) is 23.4. The average Bonchev–Trinajstić information content (AvgIpc) is 3.18. The van der Waals surface area contributed by atoms with Gasteiger partial charge in [0, 0.05) is 6.54 Å². The summed E-state index contributed by atoms with van der Waals surface area (Å²) >= 11 is 0. The zero-order valence-electron chi connectivity index (χ0n) is 17.5. The number of sulfonamides is 1. The Morgan fingerprint density at radius 1 is 1.03 bits per heavy atom. The molecule has 1 saturated carbocycles. The van der Waals surface area contributed by atoms with Crippen molar-refractivity contribution in [2.75, 3.05) is 18.1 Å². The number of hydrogen-bond donors (Lipinski definition) is 3. The van der Waals surface area contributed by atoms with Crippen LogP contribution in [0.3, 0.4) is 0 Å². The summed E-state index contributed by atoms with van der Waals surface area (Å²) in [6, 6.07) is 11.9. The normalized spacial score (nSPS) is 17.1. The van der Waals surface area contributed by atoms with Gasteiger partial charge in [-0.1, -0.05) is 43.2 Å². The molecule has 0 spiro atoms. The van der Waals surface area contributed by atoms with E-state index in [9.17, 15) is 21.4 Å². The van der Waals surface area contributed by atoms with E-state index in [0.717, 1.165) is 36.5 Å². The van der Waals surface area contributed by atoms with Gasteiger partial charge in [-0.15, -0.1) is 0 Å². The first-order chi connectivity index (χ1) is 14.9. The van der Waals surface area contributed by atoms with Crippen molar-refractivity contribution in [1.29, 1.82) is 0 Å². The van der Waals surface area contributed by atoms with Crippen molar-refractivity contribution in [2.45, 2.75) is 43.1 Å². The minimum atomic E-state index is -4.95. The molecule has 32 heavy (non-hydrogen) atoms. The molecule has 1 fully saturated rings. The van der Waals surface area contributed by atoms with E-state index < -0.39 is 39.5 Å². The average molecular weight is 506 g/mol. The van der Waals surface area contributed by atoms with Crippen LogP contribution in [-0.2, 0) is 28.9 Å². The molecule has 0 bridgehead atoms. The maximum atomic E-state index is 12.6. The number of fused-ring (bicyclic) bond motifs is 1. The SMILES string of the molecule is O=P(O)(O)OC(CCNS(=O)(=O)c1ccc2ccccc2c1)CS(=O)(=O)CC1CCCC1. The second-order valence-corrected chi connectivity index (χ2v) is 13.3. The predicted octanol–water partition coefficient (Wildman–Crippen LogP) is 2.59. The zero-order valence-corrected chi connectivity index (χ0v) is 20.0. The van der Waals surface area contributed by atoms with Crippen LogP contribution in [-0.4, -0.2) is 50.8 Å². The van der Waals surface area contributed by atoms with Crippen LogP contribution in [0.2, 0.25) is 0 Å². The number of benzene rings is 2. The molecule has 0 amide bonds. The van der Waals surface area contributed by atoms with Crippen LogP contribution >= 0.6 is 7.82 Å². The quantitative estimate of drug-likeness (QED) is 0.395. The fourth-order valence-electron chi connectivity index (χ4n) is 4.02. The van der Waals surface area contributed by atoms with Crippen LogP contribution < -0.4 is 4.72 Å². The number of phosphoric ester groups is 1. The van der Waals surface area contributed by atoms with Crippen molar-refractivity contribution in [1.82, 2.24) is 4.72 Å². The van der Waals surface area contributed by atoms with E-state index in [4.69, 9.17) is 9.79 Å². The van der Waals surface area contributed by atoms with Gasteiger partial charge in [0.15, 0.2) is 9.84 Å². The highest BCUT2D eigenvalue weighted by molar-refractivity contribution is 7.91.